The van der Waals surface area contributed by atoms with Crippen LogP contribution in [0.25, 0.3) is 0 Å². The SMILES string of the molecule is Cc1ccc(S(=O)(=O)N(CC(=O)N(Cc2ccc(Cl)cc2Cl)[C@H](Cc2ccccc2)C(=O)NC2CCCC2)c2cccc(Cl)c2Cl)cc1. The van der Waals surface area contributed by atoms with Crippen molar-refractivity contribution in [1.82, 2.24) is 10.2 Å². The van der Waals surface area contributed by atoms with Crippen LogP contribution in [0, 0.1) is 6.92 Å². The second-order valence-corrected chi connectivity index (χ2v) is 15.3. The molecule has 0 aromatic heterocycles. The first-order valence-electron chi connectivity index (χ1n) is 15.5. The van der Waals surface area contributed by atoms with Crippen molar-refractivity contribution in [2.24, 2.45) is 0 Å². The van der Waals surface area contributed by atoms with E-state index in [4.69, 9.17) is 46.4 Å². The Hall–Kier alpha value is -3.27. The molecule has 0 unspecified atom stereocenters. The highest BCUT2D eigenvalue weighted by Gasteiger charge is 2.36. The van der Waals surface area contributed by atoms with Crippen LogP contribution in [0.1, 0.15) is 42.4 Å². The first-order valence-corrected chi connectivity index (χ1v) is 18.5. The van der Waals surface area contributed by atoms with Crippen LogP contribution in [-0.2, 0) is 32.6 Å². The number of carbonyl (C=O) groups excluding carboxylic acids is 2. The third-order valence-corrected chi connectivity index (χ3v) is 11.6. The van der Waals surface area contributed by atoms with E-state index in [0.29, 0.717) is 15.6 Å². The van der Waals surface area contributed by atoms with Crippen molar-refractivity contribution in [1.29, 1.82) is 0 Å². The van der Waals surface area contributed by atoms with E-state index in [1.54, 1.807) is 36.4 Å². The van der Waals surface area contributed by atoms with Crippen LogP contribution in [0.5, 0.6) is 0 Å². The lowest BCUT2D eigenvalue weighted by atomic mass is 10.0. The van der Waals surface area contributed by atoms with E-state index in [2.05, 4.69) is 5.32 Å². The lowest BCUT2D eigenvalue weighted by Gasteiger charge is -2.34. The summed E-state index contributed by atoms with van der Waals surface area (Å²) in [5.41, 5.74) is 2.25. The summed E-state index contributed by atoms with van der Waals surface area (Å²) in [6.45, 7) is 1.07. The number of anilines is 1. The number of rotatable bonds is 12. The van der Waals surface area contributed by atoms with Crippen LogP contribution in [-0.4, -0.2) is 43.8 Å². The minimum Gasteiger partial charge on any atom is -0.352 e. The maximum atomic E-state index is 14.7. The Kier molecular flexibility index (Phi) is 12.0. The standard InChI is InChI=1S/C36H35Cl4N3O4S/c1-24-14-18-29(19-15-24)48(46,47)43(32-13-7-12-30(38)35(32)40)23-34(44)42(22-26-16-17-27(37)21-31(26)39)33(20-25-8-3-2-4-9-25)36(45)41-28-10-5-6-11-28/h2-4,7-9,12-19,21,28,33H,5-6,10-11,20,22-23H2,1H3,(H,41,45)/t33-/m1/s1. The zero-order valence-corrected chi connectivity index (χ0v) is 30.1. The fourth-order valence-corrected chi connectivity index (χ4v) is 8.13. The summed E-state index contributed by atoms with van der Waals surface area (Å²) in [4.78, 5) is 30.2. The largest absolute Gasteiger partial charge is 0.352 e. The lowest BCUT2D eigenvalue weighted by molar-refractivity contribution is -0.140. The van der Waals surface area contributed by atoms with E-state index in [-0.39, 0.29) is 45.5 Å². The van der Waals surface area contributed by atoms with E-state index in [1.807, 2.05) is 37.3 Å². The van der Waals surface area contributed by atoms with Gasteiger partial charge in [0.05, 0.1) is 20.6 Å². The summed E-state index contributed by atoms with van der Waals surface area (Å²) >= 11 is 25.7. The molecule has 7 nitrogen and oxygen atoms in total. The van der Waals surface area contributed by atoms with Gasteiger partial charge in [0.2, 0.25) is 11.8 Å². The summed E-state index contributed by atoms with van der Waals surface area (Å²) in [6.07, 6.45) is 3.87. The number of hydrogen-bond donors (Lipinski definition) is 1. The Morgan fingerprint density at radius 2 is 1.54 bits per heavy atom. The molecule has 48 heavy (non-hydrogen) atoms. The first-order chi connectivity index (χ1) is 22.9. The van der Waals surface area contributed by atoms with Crippen LogP contribution in [0.15, 0.2) is 95.9 Å². The Morgan fingerprint density at radius 3 is 2.21 bits per heavy atom. The molecule has 5 rings (SSSR count). The zero-order valence-electron chi connectivity index (χ0n) is 26.2. The lowest BCUT2D eigenvalue weighted by Crippen LogP contribution is -2.54. The van der Waals surface area contributed by atoms with Crippen molar-refractivity contribution in [3.63, 3.8) is 0 Å². The van der Waals surface area contributed by atoms with Crippen LogP contribution < -0.4 is 9.62 Å². The van der Waals surface area contributed by atoms with Gasteiger partial charge >= 0.3 is 0 Å². The second kappa shape index (κ2) is 16.0. The van der Waals surface area contributed by atoms with Crippen LogP contribution >= 0.6 is 46.4 Å². The minimum atomic E-state index is -4.35. The normalized spacial score (nSPS) is 14.0. The van der Waals surface area contributed by atoms with E-state index >= 15 is 0 Å². The molecule has 0 saturated heterocycles. The number of carbonyl (C=O) groups is 2. The smallest absolute Gasteiger partial charge is 0.264 e. The number of hydrogen-bond acceptors (Lipinski definition) is 4. The molecule has 1 saturated carbocycles. The molecule has 0 aliphatic heterocycles. The van der Waals surface area contributed by atoms with Gasteiger partial charge in [0.25, 0.3) is 10.0 Å². The van der Waals surface area contributed by atoms with E-state index in [9.17, 15) is 18.0 Å². The van der Waals surface area contributed by atoms with Gasteiger partial charge in [0.1, 0.15) is 12.6 Å². The van der Waals surface area contributed by atoms with Gasteiger partial charge in [-0.25, -0.2) is 8.42 Å². The predicted molar refractivity (Wildman–Crippen MR) is 194 cm³/mol. The third-order valence-electron chi connectivity index (χ3n) is 8.42. The predicted octanol–water partition coefficient (Wildman–Crippen LogP) is 8.50. The average Bonchev–Trinajstić information content (AvgIpc) is 3.57. The first kappa shape index (κ1) is 36.0. The number of halogens is 4. The quantitative estimate of drug-likeness (QED) is 0.158. The Labute approximate surface area is 301 Å². The second-order valence-electron chi connectivity index (χ2n) is 11.9. The maximum absolute atomic E-state index is 14.7. The Morgan fingerprint density at radius 1 is 0.854 bits per heavy atom. The fraction of sp³-hybridized carbons (Fsp3) is 0.278. The van der Waals surface area contributed by atoms with Crippen molar-refractivity contribution in [3.05, 3.63) is 128 Å². The summed E-state index contributed by atoms with van der Waals surface area (Å²) in [5.74, 6) is -0.979. The molecule has 252 valence electrons. The highest BCUT2D eigenvalue weighted by Crippen LogP contribution is 2.36. The maximum Gasteiger partial charge on any atom is 0.264 e. The Balaban J connectivity index is 1.61. The molecule has 1 N–H and O–H groups in total. The van der Waals surface area contributed by atoms with Gasteiger partial charge in [0.15, 0.2) is 0 Å². The summed E-state index contributed by atoms with van der Waals surface area (Å²) in [6, 6.07) is 24.1. The van der Waals surface area contributed by atoms with Gasteiger partial charge in [-0.15, -0.1) is 0 Å². The van der Waals surface area contributed by atoms with Crippen molar-refractivity contribution < 1.29 is 18.0 Å². The average molecular weight is 748 g/mol. The van der Waals surface area contributed by atoms with E-state index in [1.165, 1.54) is 29.2 Å². The molecule has 12 heteroatoms. The van der Waals surface area contributed by atoms with Crippen molar-refractivity contribution in [3.8, 4) is 0 Å². The molecule has 4 aromatic rings. The molecule has 1 aliphatic rings. The van der Waals surface area contributed by atoms with Gasteiger partial charge in [-0.05, 0) is 67.3 Å². The van der Waals surface area contributed by atoms with Crippen LogP contribution in [0.3, 0.4) is 0 Å². The van der Waals surface area contributed by atoms with E-state index < -0.39 is 28.5 Å². The molecular weight excluding hydrogens is 712 g/mol. The van der Waals surface area contributed by atoms with E-state index in [0.717, 1.165) is 41.1 Å². The van der Waals surface area contributed by atoms with Gasteiger partial charge in [-0.1, -0.05) is 119 Å². The Bertz CT molecular complexity index is 1870. The summed E-state index contributed by atoms with van der Waals surface area (Å²) < 4.78 is 29.5. The number of nitrogens with one attached hydrogen (secondary N) is 1. The van der Waals surface area contributed by atoms with Gasteiger partial charge < -0.3 is 10.2 Å². The highest BCUT2D eigenvalue weighted by atomic mass is 35.5. The zero-order chi connectivity index (χ0) is 34.4. The number of sulfonamides is 1. The molecule has 1 aliphatic carbocycles. The molecule has 0 heterocycles. The van der Waals surface area contributed by atoms with Gasteiger partial charge in [-0.3, -0.25) is 13.9 Å². The molecule has 0 spiro atoms. The monoisotopic (exact) mass is 745 g/mol. The number of benzene rings is 4. The fourth-order valence-electron chi connectivity index (χ4n) is 5.79. The highest BCUT2D eigenvalue weighted by molar-refractivity contribution is 7.92. The van der Waals surface area contributed by atoms with Gasteiger partial charge in [-0.2, -0.15) is 0 Å². The van der Waals surface area contributed by atoms with Gasteiger partial charge in [0, 0.05) is 29.1 Å². The van der Waals surface area contributed by atoms with Crippen LogP contribution in [0.2, 0.25) is 20.1 Å². The molecule has 0 radical (unpaired) electrons. The third kappa shape index (κ3) is 8.65. The number of nitrogens with zero attached hydrogens (tertiary/aromatic N) is 2. The van der Waals surface area contributed by atoms with Crippen molar-refractivity contribution >= 4 is 73.9 Å². The number of amides is 2. The minimum absolute atomic E-state index is 0.0180. The topological polar surface area (TPSA) is 86.8 Å². The molecule has 1 atom stereocenters. The molecule has 1 fully saturated rings. The molecule has 4 aromatic carbocycles. The van der Waals surface area contributed by atoms with Crippen molar-refractivity contribution in [2.75, 3.05) is 10.8 Å². The van der Waals surface area contributed by atoms with Crippen LogP contribution in [0.4, 0.5) is 5.69 Å². The number of aryl methyl sites for hydroxylation is 1. The molecule has 2 amide bonds. The molecule has 0 bridgehead atoms. The molecular formula is C36H35Cl4N3O4S. The summed E-state index contributed by atoms with van der Waals surface area (Å²) in [5, 5.41) is 3.95. The summed E-state index contributed by atoms with van der Waals surface area (Å²) in [7, 11) is -4.35. The van der Waals surface area contributed by atoms with Crippen molar-refractivity contribution in [2.45, 2.75) is 62.6 Å².